The van der Waals surface area contributed by atoms with Gasteiger partial charge in [-0.25, -0.2) is 0 Å². The predicted molar refractivity (Wildman–Crippen MR) is 78.1 cm³/mol. The van der Waals surface area contributed by atoms with Crippen LogP contribution in [0.5, 0.6) is 0 Å². The van der Waals surface area contributed by atoms with Crippen LogP contribution in [-0.4, -0.2) is 18.5 Å². The number of ether oxygens (including phenoxy) is 1. The Morgan fingerprint density at radius 1 is 1.18 bits per heavy atom. The van der Waals surface area contributed by atoms with Crippen molar-refractivity contribution in [3.05, 3.63) is 35.4 Å². The van der Waals surface area contributed by atoms with Crippen LogP contribution in [0.3, 0.4) is 0 Å². The van der Waals surface area contributed by atoms with Crippen molar-refractivity contribution in [2.45, 2.75) is 43.9 Å². The summed E-state index contributed by atoms with van der Waals surface area (Å²) in [5.74, 6) is 0. The lowest BCUT2D eigenvalue weighted by molar-refractivity contribution is 0.198. The third-order valence-electron chi connectivity index (χ3n) is 2.91. The normalized spacial score (nSPS) is 13.7. The maximum Gasteiger partial charge on any atom is 0.0587 e. The smallest absolute Gasteiger partial charge is 0.0587 e. The maximum atomic E-state index is 5.11. The maximum absolute atomic E-state index is 5.11. The first kappa shape index (κ1) is 14.7. The van der Waals surface area contributed by atoms with Crippen molar-refractivity contribution in [3.8, 4) is 0 Å². The van der Waals surface area contributed by atoms with E-state index in [1.807, 2.05) is 0 Å². The van der Waals surface area contributed by atoms with Gasteiger partial charge in [0.05, 0.1) is 6.61 Å². The average molecular weight is 299 g/mol. The standard InChI is InChI=1S/C15H23BrO/c1-15(2,3)13-8-5-12(6-9-13)7-10-14(16)11-17-4/h5-6,8-9,14H,7,10-11H2,1-4H3. The molecule has 0 heterocycles. The van der Waals surface area contributed by atoms with Crippen molar-refractivity contribution in [2.75, 3.05) is 13.7 Å². The molecule has 1 nitrogen and oxygen atoms in total. The summed E-state index contributed by atoms with van der Waals surface area (Å²) >= 11 is 3.62. The zero-order valence-corrected chi connectivity index (χ0v) is 12.9. The lowest BCUT2D eigenvalue weighted by atomic mass is 9.86. The Bertz CT molecular complexity index is 324. The fourth-order valence-electron chi connectivity index (χ4n) is 1.76. The molecule has 1 aromatic carbocycles. The van der Waals surface area contributed by atoms with Gasteiger partial charge in [-0.05, 0) is 29.4 Å². The van der Waals surface area contributed by atoms with Gasteiger partial charge in [0.15, 0.2) is 0 Å². The number of halogens is 1. The molecule has 0 aliphatic carbocycles. The van der Waals surface area contributed by atoms with Crippen molar-refractivity contribution in [1.29, 1.82) is 0 Å². The van der Waals surface area contributed by atoms with Crippen molar-refractivity contribution >= 4 is 15.9 Å². The molecule has 0 aromatic heterocycles. The van der Waals surface area contributed by atoms with E-state index in [0.29, 0.717) is 4.83 Å². The molecule has 1 rings (SSSR count). The molecule has 96 valence electrons. The summed E-state index contributed by atoms with van der Waals surface area (Å²) in [6, 6.07) is 8.98. The first-order valence-electron chi connectivity index (χ1n) is 6.16. The molecule has 0 N–H and O–H groups in total. The number of hydrogen-bond acceptors (Lipinski definition) is 1. The van der Waals surface area contributed by atoms with E-state index in [-0.39, 0.29) is 5.41 Å². The molecular formula is C15H23BrO. The zero-order chi connectivity index (χ0) is 12.9. The Balaban J connectivity index is 2.51. The topological polar surface area (TPSA) is 9.23 Å². The molecule has 0 aliphatic rings. The summed E-state index contributed by atoms with van der Waals surface area (Å²) < 4.78 is 5.11. The summed E-state index contributed by atoms with van der Waals surface area (Å²) in [5, 5.41) is 0. The van der Waals surface area contributed by atoms with Gasteiger partial charge in [-0.2, -0.15) is 0 Å². The van der Waals surface area contributed by atoms with E-state index in [0.717, 1.165) is 19.4 Å². The second-order valence-electron chi connectivity index (χ2n) is 5.54. The van der Waals surface area contributed by atoms with Crippen LogP contribution in [0.1, 0.15) is 38.3 Å². The monoisotopic (exact) mass is 298 g/mol. The highest BCUT2D eigenvalue weighted by Crippen LogP contribution is 2.22. The fraction of sp³-hybridized carbons (Fsp3) is 0.600. The van der Waals surface area contributed by atoms with Gasteiger partial charge in [0, 0.05) is 11.9 Å². The third kappa shape index (κ3) is 5.22. The SMILES string of the molecule is COCC(Br)CCc1ccc(C(C)(C)C)cc1. The zero-order valence-electron chi connectivity index (χ0n) is 11.3. The van der Waals surface area contributed by atoms with E-state index in [2.05, 4.69) is 61.0 Å². The molecule has 0 saturated heterocycles. The Hall–Kier alpha value is -0.340. The van der Waals surface area contributed by atoms with E-state index in [9.17, 15) is 0 Å². The summed E-state index contributed by atoms with van der Waals surface area (Å²) in [7, 11) is 1.74. The third-order valence-corrected chi connectivity index (χ3v) is 3.64. The molecule has 17 heavy (non-hydrogen) atoms. The molecule has 0 radical (unpaired) electrons. The Morgan fingerprint density at radius 2 is 1.76 bits per heavy atom. The van der Waals surface area contributed by atoms with Crippen LogP contribution in [0.4, 0.5) is 0 Å². The number of benzene rings is 1. The molecule has 0 spiro atoms. The van der Waals surface area contributed by atoms with E-state index in [4.69, 9.17) is 4.74 Å². The summed E-state index contributed by atoms with van der Waals surface area (Å²) in [4.78, 5) is 0.454. The highest BCUT2D eigenvalue weighted by atomic mass is 79.9. The minimum atomic E-state index is 0.243. The minimum Gasteiger partial charge on any atom is -0.384 e. The number of alkyl halides is 1. The van der Waals surface area contributed by atoms with Crippen molar-refractivity contribution in [3.63, 3.8) is 0 Å². The highest BCUT2D eigenvalue weighted by molar-refractivity contribution is 9.09. The lowest BCUT2D eigenvalue weighted by Crippen LogP contribution is -2.11. The van der Waals surface area contributed by atoms with Gasteiger partial charge in [-0.1, -0.05) is 61.0 Å². The van der Waals surface area contributed by atoms with E-state index in [1.54, 1.807) is 7.11 Å². The van der Waals surface area contributed by atoms with Gasteiger partial charge < -0.3 is 4.74 Å². The minimum absolute atomic E-state index is 0.243. The molecule has 0 saturated carbocycles. The van der Waals surface area contributed by atoms with Crippen molar-refractivity contribution in [1.82, 2.24) is 0 Å². The predicted octanol–water partition coefficient (Wildman–Crippen LogP) is 4.33. The average Bonchev–Trinajstić information content (AvgIpc) is 2.26. The van der Waals surface area contributed by atoms with Gasteiger partial charge in [0.2, 0.25) is 0 Å². The molecule has 0 aliphatic heterocycles. The van der Waals surface area contributed by atoms with Crippen LogP contribution >= 0.6 is 15.9 Å². The van der Waals surface area contributed by atoms with Crippen LogP contribution in [0.25, 0.3) is 0 Å². The van der Waals surface area contributed by atoms with Gasteiger partial charge >= 0.3 is 0 Å². The van der Waals surface area contributed by atoms with Crippen molar-refractivity contribution < 1.29 is 4.74 Å². The number of hydrogen-bond donors (Lipinski definition) is 0. The van der Waals surface area contributed by atoms with Gasteiger partial charge in [-0.15, -0.1) is 0 Å². The van der Waals surface area contributed by atoms with E-state index < -0.39 is 0 Å². The van der Waals surface area contributed by atoms with Gasteiger partial charge in [0.25, 0.3) is 0 Å². The van der Waals surface area contributed by atoms with E-state index in [1.165, 1.54) is 11.1 Å². The molecule has 0 bridgehead atoms. The van der Waals surface area contributed by atoms with E-state index >= 15 is 0 Å². The first-order chi connectivity index (χ1) is 7.93. The molecule has 1 atom stereocenters. The van der Waals surface area contributed by atoms with Crippen LogP contribution < -0.4 is 0 Å². The summed E-state index contributed by atoms with van der Waals surface area (Å²) in [5.41, 5.74) is 3.04. The molecular weight excluding hydrogens is 276 g/mol. The molecule has 2 heteroatoms. The molecule has 0 amide bonds. The van der Waals surface area contributed by atoms with Gasteiger partial charge in [0.1, 0.15) is 0 Å². The number of rotatable bonds is 5. The van der Waals surface area contributed by atoms with Crippen molar-refractivity contribution in [2.24, 2.45) is 0 Å². The first-order valence-corrected chi connectivity index (χ1v) is 7.07. The quantitative estimate of drug-likeness (QED) is 0.735. The second-order valence-corrected chi connectivity index (χ2v) is 6.83. The summed E-state index contributed by atoms with van der Waals surface area (Å²) in [6.07, 6.45) is 2.21. The second kappa shape index (κ2) is 6.55. The number of methoxy groups -OCH3 is 1. The lowest BCUT2D eigenvalue weighted by Gasteiger charge is -2.19. The van der Waals surface area contributed by atoms with Crippen LogP contribution in [0, 0.1) is 0 Å². The largest absolute Gasteiger partial charge is 0.384 e. The Labute approximate surface area is 114 Å². The van der Waals surface area contributed by atoms with Crippen LogP contribution in [-0.2, 0) is 16.6 Å². The fourth-order valence-corrected chi connectivity index (χ4v) is 2.25. The van der Waals surface area contributed by atoms with Gasteiger partial charge in [-0.3, -0.25) is 0 Å². The highest BCUT2D eigenvalue weighted by Gasteiger charge is 2.12. The summed E-state index contributed by atoms with van der Waals surface area (Å²) in [6.45, 7) is 7.51. The van der Waals surface area contributed by atoms with Crippen LogP contribution in [0.15, 0.2) is 24.3 Å². The van der Waals surface area contributed by atoms with Crippen LogP contribution in [0.2, 0.25) is 0 Å². The molecule has 1 unspecified atom stereocenters. The number of aryl methyl sites for hydroxylation is 1. The molecule has 1 aromatic rings. The Morgan fingerprint density at radius 3 is 2.24 bits per heavy atom. The molecule has 0 fully saturated rings. The Kier molecular flexibility index (Phi) is 5.68.